The molecule has 1 aromatic rings. The number of carbonyl (C=O) groups is 3. The third kappa shape index (κ3) is 1.99. The van der Waals surface area contributed by atoms with E-state index in [1.807, 2.05) is 17.4 Å². The Morgan fingerprint density at radius 2 is 1.56 bits per heavy atom. The second-order valence-corrected chi connectivity index (χ2v) is 5.20. The third-order valence-corrected chi connectivity index (χ3v) is 2.81. The van der Waals surface area contributed by atoms with Gasteiger partial charge in [-0.1, -0.05) is 32.9 Å². The van der Waals surface area contributed by atoms with E-state index in [0.29, 0.717) is 5.69 Å². The first-order valence-electron chi connectivity index (χ1n) is 5.60. The van der Waals surface area contributed by atoms with Gasteiger partial charge in [0.1, 0.15) is 0 Å². The fourth-order valence-corrected chi connectivity index (χ4v) is 1.75. The van der Waals surface area contributed by atoms with Crippen LogP contribution in [-0.2, 0) is 15.0 Å². The highest BCUT2D eigenvalue weighted by Crippen LogP contribution is 2.25. The summed E-state index contributed by atoms with van der Waals surface area (Å²) in [5.74, 6) is -1.73. The van der Waals surface area contributed by atoms with Gasteiger partial charge < -0.3 is 0 Å². The van der Waals surface area contributed by atoms with Crippen molar-refractivity contribution in [1.29, 1.82) is 0 Å². The number of urea groups is 1. The lowest BCUT2D eigenvalue weighted by molar-refractivity contribution is -0.134. The summed E-state index contributed by atoms with van der Waals surface area (Å²) in [5.41, 5.74) is 1.48. The normalized spacial score (nSPS) is 16.2. The maximum absolute atomic E-state index is 11.5. The maximum atomic E-state index is 11.5. The van der Waals surface area contributed by atoms with Gasteiger partial charge in [-0.05, 0) is 23.1 Å². The van der Waals surface area contributed by atoms with Gasteiger partial charge in [0.15, 0.2) is 0 Å². The Morgan fingerprint density at radius 1 is 1.00 bits per heavy atom. The van der Waals surface area contributed by atoms with E-state index in [0.717, 1.165) is 10.5 Å². The number of hydrogen-bond donors (Lipinski definition) is 1. The minimum absolute atomic E-state index is 0.00831. The summed E-state index contributed by atoms with van der Waals surface area (Å²) in [6.45, 7) is 6.21. The van der Waals surface area contributed by atoms with Crippen LogP contribution < -0.4 is 10.2 Å². The van der Waals surface area contributed by atoms with Crippen LogP contribution in [0.25, 0.3) is 0 Å². The third-order valence-electron chi connectivity index (χ3n) is 2.81. The smallest absolute Gasteiger partial charge is 0.269 e. The van der Waals surface area contributed by atoms with Gasteiger partial charge in [-0.15, -0.1) is 0 Å². The van der Waals surface area contributed by atoms with Crippen LogP contribution in [0.1, 0.15) is 26.3 Å². The molecule has 94 valence electrons. The molecular formula is C13H14N2O3. The number of nitrogens with zero attached hydrogens (tertiary/aromatic N) is 1. The van der Waals surface area contributed by atoms with Gasteiger partial charge in [-0.25, -0.2) is 9.69 Å². The predicted octanol–water partition coefficient (Wildman–Crippen LogP) is 1.57. The SMILES string of the molecule is CC(C)(C)c1ccc(N2C(=O)NC(=O)C2=O)cc1. The molecule has 2 rings (SSSR count). The second-order valence-electron chi connectivity index (χ2n) is 5.20. The molecule has 1 N–H and O–H groups in total. The molecule has 5 nitrogen and oxygen atoms in total. The number of hydrogen-bond acceptors (Lipinski definition) is 3. The Labute approximate surface area is 105 Å². The number of nitrogens with one attached hydrogen (secondary N) is 1. The lowest BCUT2D eigenvalue weighted by Gasteiger charge is -2.20. The van der Waals surface area contributed by atoms with E-state index in [2.05, 4.69) is 20.8 Å². The quantitative estimate of drug-likeness (QED) is 0.604. The average Bonchev–Trinajstić information content (AvgIpc) is 2.52. The molecule has 0 aliphatic carbocycles. The Morgan fingerprint density at radius 3 is 1.94 bits per heavy atom. The van der Waals surface area contributed by atoms with Crippen molar-refractivity contribution in [3.63, 3.8) is 0 Å². The van der Waals surface area contributed by atoms with Crippen LogP contribution in [0.4, 0.5) is 10.5 Å². The van der Waals surface area contributed by atoms with Crippen molar-refractivity contribution in [3.05, 3.63) is 29.8 Å². The Balaban J connectivity index is 2.33. The van der Waals surface area contributed by atoms with Crippen LogP contribution in [0.15, 0.2) is 24.3 Å². The predicted molar refractivity (Wildman–Crippen MR) is 66.2 cm³/mol. The van der Waals surface area contributed by atoms with Crippen molar-refractivity contribution in [2.45, 2.75) is 26.2 Å². The molecule has 18 heavy (non-hydrogen) atoms. The molecule has 0 aromatic heterocycles. The van der Waals surface area contributed by atoms with Crippen molar-refractivity contribution < 1.29 is 14.4 Å². The first-order chi connectivity index (χ1) is 8.30. The monoisotopic (exact) mass is 246 g/mol. The van der Waals surface area contributed by atoms with E-state index in [4.69, 9.17) is 0 Å². The van der Waals surface area contributed by atoms with Crippen molar-refractivity contribution in [3.8, 4) is 0 Å². The highest BCUT2D eigenvalue weighted by molar-refractivity contribution is 6.53. The van der Waals surface area contributed by atoms with Gasteiger partial charge in [0.05, 0.1) is 5.69 Å². The first kappa shape index (κ1) is 12.3. The summed E-state index contributed by atoms with van der Waals surface area (Å²) >= 11 is 0. The second kappa shape index (κ2) is 3.94. The van der Waals surface area contributed by atoms with Crippen LogP contribution in [-0.4, -0.2) is 17.8 Å². The number of rotatable bonds is 1. The van der Waals surface area contributed by atoms with Crippen molar-refractivity contribution >= 4 is 23.5 Å². The van der Waals surface area contributed by atoms with Gasteiger partial charge in [0.25, 0.3) is 0 Å². The largest absolute Gasteiger partial charge is 0.336 e. The molecule has 4 amide bonds. The highest BCUT2D eigenvalue weighted by Gasteiger charge is 2.37. The van der Waals surface area contributed by atoms with Gasteiger partial charge >= 0.3 is 17.8 Å². The van der Waals surface area contributed by atoms with Gasteiger partial charge in [-0.2, -0.15) is 0 Å². The zero-order valence-electron chi connectivity index (χ0n) is 10.5. The number of carbonyl (C=O) groups excluding carboxylic acids is 3. The molecule has 0 atom stereocenters. The zero-order valence-corrected chi connectivity index (χ0v) is 10.5. The summed E-state index contributed by atoms with van der Waals surface area (Å²) in [5, 5.41) is 1.96. The van der Waals surface area contributed by atoms with Gasteiger partial charge in [0.2, 0.25) is 0 Å². The van der Waals surface area contributed by atoms with Gasteiger partial charge in [0, 0.05) is 0 Å². The van der Waals surface area contributed by atoms with E-state index < -0.39 is 17.8 Å². The lowest BCUT2D eigenvalue weighted by Crippen LogP contribution is -2.30. The van der Waals surface area contributed by atoms with E-state index in [-0.39, 0.29) is 5.41 Å². The fourth-order valence-electron chi connectivity index (χ4n) is 1.75. The number of amides is 4. The van der Waals surface area contributed by atoms with Crippen LogP contribution >= 0.6 is 0 Å². The molecule has 1 aromatic carbocycles. The van der Waals surface area contributed by atoms with E-state index in [1.165, 1.54) is 0 Å². The molecule has 0 spiro atoms. The zero-order chi connectivity index (χ0) is 13.5. The summed E-state index contributed by atoms with van der Waals surface area (Å²) in [4.78, 5) is 34.9. The maximum Gasteiger partial charge on any atom is 0.336 e. The Hall–Kier alpha value is -2.17. The van der Waals surface area contributed by atoms with E-state index in [9.17, 15) is 14.4 Å². The molecular weight excluding hydrogens is 232 g/mol. The fraction of sp³-hybridized carbons (Fsp3) is 0.308. The molecule has 0 unspecified atom stereocenters. The summed E-state index contributed by atoms with van der Waals surface area (Å²) in [6.07, 6.45) is 0. The average molecular weight is 246 g/mol. The number of benzene rings is 1. The van der Waals surface area contributed by atoms with Gasteiger partial charge in [-0.3, -0.25) is 14.9 Å². The summed E-state index contributed by atoms with van der Waals surface area (Å²) in [6, 6.07) is 6.32. The van der Waals surface area contributed by atoms with Crippen LogP contribution in [0, 0.1) is 0 Å². The molecule has 1 fully saturated rings. The number of imide groups is 2. The molecule has 1 heterocycles. The molecule has 1 aliphatic heterocycles. The Bertz CT molecular complexity index is 526. The summed E-state index contributed by atoms with van der Waals surface area (Å²) in [7, 11) is 0. The van der Waals surface area contributed by atoms with E-state index in [1.54, 1.807) is 12.1 Å². The van der Waals surface area contributed by atoms with Crippen molar-refractivity contribution in [2.24, 2.45) is 0 Å². The molecule has 0 saturated carbocycles. The minimum atomic E-state index is -0.889. The minimum Gasteiger partial charge on any atom is -0.269 e. The van der Waals surface area contributed by atoms with Crippen LogP contribution in [0.5, 0.6) is 0 Å². The molecule has 0 radical (unpaired) electrons. The molecule has 0 bridgehead atoms. The standard InChI is InChI=1S/C13H14N2O3/c1-13(2,3)8-4-6-9(7-5-8)15-11(17)10(16)14-12(15)18/h4-7H,1-3H3,(H,14,16,18). The highest BCUT2D eigenvalue weighted by atomic mass is 16.2. The van der Waals surface area contributed by atoms with Crippen LogP contribution in [0.2, 0.25) is 0 Å². The topological polar surface area (TPSA) is 66.5 Å². The summed E-state index contributed by atoms with van der Waals surface area (Å²) < 4.78 is 0. The van der Waals surface area contributed by atoms with Crippen LogP contribution in [0.3, 0.4) is 0 Å². The first-order valence-corrected chi connectivity index (χ1v) is 5.60. The molecule has 1 aliphatic rings. The van der Waals surface area contributed by atoms with E-state index >= 15 is 0 Å². The molecule has 1 saturated heterocycles. The van der Waals surface area contributed by atoms with Crippen molar-refractivity contribution in [2.75, 3.05) is 4.90 Å². The lowest BCUT2D eigenvalue weighted by atomic mass is 9.87. The van der Waals surface area contributed by atoms with Crippen molar-refractivity contribution in [1.82, 2.24) is 5.32 Å². The number of anilines is 1. The Kier molecular flexibility index (Phi) is 2.69. The molecule has 5 heteroatoms.